The van der Waals surface area contributed by atoms with Gasteiger partial charge in [0.2, 0.25) is 10.0 Å². The molecule has 3 rings (SSSR count). The van der Waals surface area contributed by atoms with Crippen LogP contribution in [0.25, 0.3) is 0 Å². The molecule has 7 nitrogen and oxygen atoms in total. The van der Waals surface area contributed by atoms with Crippen molar-refractivity contribution in [3.8, 4) is 11.5 Å². The molecule has 2 aromatic rings. The third kappa shape index (κ3) is 4.25. The van der Waals surface area contributed by atoms with E-state index in [9.17, 15) is 8.42 Å². The van der Waals surface area contributed by atoms with E-state index in [0.29, 0.717) is 37.7 Å². The minimum Gasteiger partial charge on any atom is -0.493 e. The summed E-state index contributed by atoms with van der Waals surface area (Å²) in [6, 6.07) is 10.8. The Balaban J connectivity index is 1.52. The van der Waals surface area contributed by atoms with Gasteiger partial charge in [0.15, 0.2) is 11.5 Å². The first-order valence-corrected chi connectivity index (χ1v) is 10.1. The molecule has 2 N–H and O–H groups in total. The minimum absolute atomic E-state index is 0.287. The number of sulfonamides is 1. The number of para-hydroxylation sites is 2. The molecular formula is C18H24N3O4S+. The third-order valence-electron chi connectivity index (χ3n) is 4.23. The molecule has 1 aromatic carbocycles. The maximum atomic E-state index is 12.5. The van der Waals surface area contributed by atoms with Gasteiger partial charge in [0, 0.05) is 19.2 Å². The van der Waals surface area contributed by atoms with Crippen LogP contribution in [0.2, 0.25) is 0 Å². The lowest BCUT2D eigenvalue weighted by molar-refractivity contribution is -0.364. The fraction of sp³-hybridized carbons (Fsp3) is 0.389. The Morgan fingerprint density at radius 1 is 1.12 bits per heavy atom. The second-order valence-corrected chi connectivity index (χ2v) is 7.91. The van der Waals surface area contributed by atoms with Crippen LogP contribution in [0.1, 0.15) is 12.8 Å². The van der Waals surface area contributed by atoms with Gasteiger partial charge >= 0.3 is 0 Å². The number of benzene rings is 1. The van der Waals surface area contributed by atoms with Crippen LogP contribution < -0.4 is 19.8 Å². The number of hydrogen-bond donors (Lipinski definition) is 1. The zero-order chi connectivity index (χ0) is 18.4. The van der Waals surface area contributed by atoms with Crippen LogP contribution >= 0.6 is 0 Å². The van der Waals surface area contributed by atoms with Crippen LogP contribution in [-0.2, 0) is 10.0 Å². The van der Waals surface area contributed by atoms with Crippen molar-refractivity contribution >= 4 is 15.8 Å². The second kappa shape index (κ2) is 8.37. The third-order valence-corrected chi connectivity index (χ3v) is 6.13. The molecule has 1 aromatic heterocycles. The summed E-state index contributed by atoms with van der Waals surface area (Å²) in [7, 11) is -1.78. The quantitative estimate of drug-likeness (QED) is 0.708. The number of nitrogens with one attached hydrogen (secondary N) is 2. The number of hydrogen-bond acceptors (Lipinski definition) is 5. The summed E-state index contributed by atoms with van der Waals surface area (Å²) < 4.78 is 37.4. The average Bonchev–Trinajstić information content (AvgIpc) is 3.21. The van der Waals surface area contributed by atoms with Gasteiger partial charge in [-0.25, -0.2) is 13.4 Å². The Morgan fingerprint density at radius 2 is 1.85 bits per heavy atom. The zero-order valence-corrected chi connectivity index (χ0v) is 15.6. The summed E-state index contributed by atoms with van der Waals surface area (Å²) in [4.78, 5) is 3.28. The smallest absolute Gasteiger partial charge is 0.272 e. The van der Waals surface area contributed by atoms with Crippen LogP contribution in [0, 0.1) is 0 Å². The first kappa shape index (κ1) is 18.5. The summed E-state index contributed by atoms with van der Waals surface area (Å²) >= 11 is 0. The van der Waals surface area contributed by atoms with Gasteiger partial charge in [0.1, 0.15) is 24.2 Å². The van der Waals surface area contributed by atoms with E-state index in [1.54, 1.807) is 19.2 Å². The van der Waals surface area contributed by atoms with E-state index < -0.39 is 10.0 Å². The minimum atomic E-state index is -3.39. The predicted molar refractivity (Wildman–Crippen MR) is 98.0 cm³/mol. The summed E-state index contributed by atoms with van der Waals surface area (Å²) in [6.45, 7) is 2.21. The number of pyridine rings is 1. The van der Waals surface area contributed by atoms with E-state index in [-0.39, 0.29) is 4.90 Å². The van der Waals surface area contributed by atoms with E-state index >= 15 is 0 Å². The number of aromatic amines is 1. The molecule has 1 aliphatic heterocycles. The Kier molecular flexibility index (Phi) is 5.95. The van der Waals surface area contributed by atoms with Crippen LogP contribution in [0.3, 0.4) is 0 Å². The Labute approximate surface area is 154 Å². The molecular weight excluding hydrogens is 354 g/mol. The molecule has 0 radical (unpaired) electrons. The maximum Gasteiger partial charge on any atom is 0.272 e. The number of rotatable bonds is 8. The summed E-state index contributed by atoms with van der Waals surface area (Å²) in [5.74, 6) is 2.11. The van der Waals surface area contributed by atoms with E-state index in [1.165, 1.54) is 10.5 Å². The molecule has 8 heteroatoms. The van der Waals surface area contributed by atoms with Crippen molar-refractivity contribution in [2.24, 2.45) is 0 Å². The van der Waals surface area contributed by atoms with Gasteiger partial charge in [-0.3, -0.25) is 5.32 Å². The van der Waals surface area contributed by atoms with E-state index in [0.717, 1.165) is 18.7 Å². The SMILES string of the molecule is COc1ccccc1OCCNc1ccc(S(=O)(=O)N2CCCC2)c[nH+]1. The highest BCUT2D eigenvalue weighted by atomic mass is 32.2. The molecule has 2 heterocycles. The van der Waals surface area contributed by atoms with Gasteiger partial charge < -0.3 is 9.47 Å². The fourth-order valence-corrected chi connectivity index (χ4v) is 4.33. The molecule has 140 valence electrons. The van der Waals surface area contributed by atoms with Gasteiger partial charge in [-0.2, -0.15) is 4.31 Å². The van der Waals surface area contributed by atoms with Gasteiger partial charge in [0.25, 0.3) is 5.82 Å². The number of aromatic nitrogens is 1. The lowest BCUT2D eigenvalue weighted by Gasteiger charge is -2.14. The average molecular weight is 378 g/mol. The lowest BCUT2D eigenvalue weighted by atomic mass is 10.3. The molecule has 1 fully saturated rings. The summed E-state index contributed by atoms with van der Waals surface area (Å²) in [5, 5.41) is 3.17. The van der Waals surface area contributed by atoms with Gasteiger partial charge in [0.05, 0.1) is 7.11 Å². The largest absolute Gasteiger partial charge is 0.493 e. The van der Waals surface area contributed by atoms with Crippen molar-refractivity contribution in [3.63, 3.8) is 0 Å². The molecule has 0 unspecified atom stereocenters. The van der Waals surface area contributed by atoms with Crippen molar-refractivity contribution in [2.45, 2.75) is 17.7 Å². The normalized spacial score (nSPS) is 15.0. The van der Waals surface area contributed by atoms with Crippen LogP contribution in [-0.4, -0.2) is 46.1 Å². The molecule has 0 amide bonds. The second-order valence-electron chi connectivity index (χ2n) is 5.98. The number of anilines is 1. The highest BCUT2D eigenvalue weighted by molar-refractivity contribution is 7.89. The Hall–Kier alpha value is -2.32. The van der Waals surface area contributed by atoms with Gasteiger partial charge in [-0.05, 0) is 31.0 Å². The van der Waals surface area contributed by atoms with Crippen molar-refractivity contribution < 1.29 is 22.9 Å². The molecule has 0 atom stereocenters. The van der Waals surface area contributed by atoms with Crippen molar-refractivity contribution in [3.05, 3.63) is 42.6 Å². The Morgan fingerprint density at radius 3 is 2.50 bits per heavy atom. The molecule has 0 bridgehead atoms. The standard InChI is InChI=1S/C18H23N3O4S/c1-24-16-6-2-3-7-17(16)25-13-10-19-18-9-8-15(14-20-18)26(22,23)21-11-4-5-12-21/h2-3,6-9,14H,4-5,10-13H2,1H3,(H,19,20)/p+1. The van der Waals surface area contributed by atoms with E-state index in [1.807, 2.05) is 24.3 Å². The zero-order valence-electron chi connectivity index (χ0n) is 14.8. The summed E-state index contributed by atoms with van der Waals surface area (Å²) in [6.07, 6.45) is 3.38. The highest BCUT2D eigenvalue weighted by Gasteiger charge is 2.27. The lowest BCUT2D eigenvalue weighted by Crippen LogP contribution is -2.29. The van der Waals surface area contributed by atoms with E-state index in [2.05, 4.69) is 10.3 Å². The number of nitrogens with zero attached hydrogens (tertiary/aromatic N) is 1. The number of ether oxygens (including phenoxy) is 2. The molecule has 1 saturated heterocycles. The summed E-state index contributed by atoms with van der Waals surface area (Å²) in [5.41, 5.74) is 0. The number of H-pyrrole nitrogens is 1. The fourth-order valence-electron chi connectivity index (χ4n) is 2.84. The van der Waals surface area contributed by atoms with Crippen molar-refractivity contribution in [2.75, 3.05) is 38.7 Å². The van der Waals surface area contributed by atoms with Crippen LogP contribution in [0.5, 0.6) is 11.5 Å². The molecule has 0 saturated carbocycles. The Bertz CT molecular complexity index is 819. The molecule has 1 aliphatic rings. The van der Waals surface area contributed by atoms with Crippen molar-refractivity contribution in [1.29, 1.82) is 0 Å². The molecule has 0 spiro atoms. The highest BCUT2D eigenvalue weighted by Crippen LogP contribution is 2.25. The van der Waals surface area contributed by atoms with E-state index in [4.69, 9.17) is 9.47 Å². The molecule has 0 aliphatic carbocycles. The van der Waals surface area contributed by atoms with Crippen molar-refractivity contribution in [1.82, 2.24) is 4.31 Å². The van der Waals surface area contributed by atoms with Crippen LogP contribution in [0.15, 0.2) is 47.5 Å². The first-order valence-electron chi connectivity index (χ1n) is 8.63. The first-order chi connectivity index (χ1) is 12.6. The van der Waals surface area contributed by atoms with Crippen LogP contribution in [0.4, 0.5) is 5.82 Å². The monoisotopic (exact) mass is 378 g/mol. The topological polar surface area (TPSA) is 82.0 Å². The molecule has 26 heavy (non-hydrogen) atoms. The predicted octanol–water partition coefficient (Wildman–Crippen LogP) is 1.78. The van der Waals surface area contributed by atoms with Gasteiger partial charge in [-0.1, -0.05) is 12.1 Å². The number of methoxy groups -OCH3 is 1. The van der Waals surface area contributed by atoms with Gasteiger partial charge in [-0.15, -0.1) is 0 Å². The maximum absolute atomic E-state index is 12.5.